The molecule has 1 saturated carbocycles. The minimum Gasteiger partial charge on any atom is -0.268 e. The van der Waals surface area contributed by atoms with Gasteiger partial charge in [0.2, 0.25) is 10.0 Å². The maximum Gasteiger partial charge on any atom is 0.280 e. The molecule has 0 unspecified atom stereocenters. The molecule has 1 N–H and O–H groups in total. The summed E-state index contributed by atoms with van der Waals surface area (Å²) in [6.07, 6.45) is 6.88. The second-order valence-electron chi connectivity index (χ2n) is 7.66. The number of nitrogens with zero attached hydrogens (tertiary/aromatic N) is 2. The summed E-state index contributed by atoms with van der Waals surface area (Å²) in [5.41, 5.74) is 0.378. The van der Waals surface area contributed by atoms with Crippen LogP contribution in [-0.4, -0.2) is 36.2 Å². The minimum absolute atomic E-state index is 0.0330. The van der Waals surface area contributed by atoms with E-state index in [1.165, 1.54) is 18.3 Å². The summed E-state index contributed by atoms with van der Waals surface area (Å²) in [6, 6.07) is 6.20. The molecule has 30 heavy (non-hydrogen) atoms. The highest BCUT2D eigenvalue weighted by molar-refractivity contribution is 7.89. The van der Waals surface area contributed by atoms with Crippen LogP contribution in [0.5, 0.6) is 0 Å². The first-order valence-corrected chi connectivity index (χ1v) is 11.5. The molecule has 2 aromatic rings. The molecule has 0 saturated heterocycles. The van der Waals surface area contributed by atoms with E-state index in [0.717, 1.165) is 55.6 Å². The lowest BCUT2D eigenvalue weighted by molar-refractivity contribution is 0.0639. The highest BCUT2D eigenvalue weighted by atomic mass is 32.2. The summed E-state index contributed by atoms with van der Waals surface area (Å²) in [5, 5.41) is 0. The molecule has 158 valence electrons. The molecule has 2 amide bonds. The molecule has 2 heterocycles. The Morgan fingerprint density at radius 3 is 2.50 bits per heavy atom. The molecule has 1 aliphatic heterocycles. The lowest BCUT2D eigenvalue weighted by Crippen LogP contribution is -2.36. The van der Waals surface area contributed by atoms with Gasteiger partial charge in [-0.1, -0.05) is 31.7 Å². The van der Waals surface area contributed by atoms with Crippen LogP contribution in [-0.2, 0) is 16.6 Å². The minimum atomic E-state index is -4.03. The van der Waals surface area contributed by atoms with Gasteiger partial charge in [-0.15, -0.1) is 0 Å². The van der Waals surface area contributed by atoms with Gasteiger partial charge < -0.3 is 0 Å². The average molecular weight is 431 g/mol. The summed E-state index contributed by atoms with van der Waals surface area (Å²) in [7, 11) is -4.03. The van der Waals surface area contributed by atoms with Crippen LogP contribution in [0.3, 0.4) is 0 Å². The molecular formula is C21H22FN3O4S. The Kier molecular flexibility index (Phi) is 5.66. The number of imide groups is 1. The van der Waals surface area contributed by atoms with E-state index in [0.29, 0.717) is 0 Å². The molecule has 0 radical (unpaired) electrons. The van der Waals surface area contributed by atoms with Crippen molar-refractivity contribution in [2.45, 2.75) is 56.0 Å². The normalized spacial score (nSPS) is 17.8. The molecule has 1 fully saturated rings. The molecule has 0 bridgehead atoms. The van der Waals surface area contributed by atoms with Crippen molar-refractivity contribution in [3.05, 3.63) is 59.2 Å². The number of amides is 2. The molecule has 1 aliphatic carbocycles. The van der Waals surface area contributed by atoms with Crippen LogP contribution in [0.2, 0.25) is 0 Å². The number of hydrogen-bond acceptors (Lipinski definition) is 5. The third-order valence-corrected chi connectivity index (χ3v) is 7.16. The zero-order valence-electron chi connectivity index (χ0n) is 16.3. The van der Waals surface area contributed by atoms with Crippen LogP contribution in [0.25, 0.3) is 0 Å². The molecule has 9 heteroatoms. The lowest BCUT2D eigenvalue weighted by Gasteiger charge is -2.20. The van der Waals surface area contributed by atoms with Crippen molar-refractivity contribution < 1.29 is 22.4 Å². The molecule has 7 nitrogen and oxygen atoms in total. The number of pyridine rings is 1. The van der Waals surface area contributed by atoms with E-state index < -0.39 is 27.7 Å². The van der Waals surface area contributed by atoms with E-state index in [2.05, 4.69) is 9.71 Å². The SMILES string of the molecule is O=C1c2cccnc2C(=O)N1Cc1ccc(F)cc1S(=O)(=O)NC1CCCCCC1. The first kappa shape index (κ1) is 20.6. The lowest BCUT2D eigenvalue weighted by atomic mass is 10.1. The summed E-state index contributed by atoms with van der Waals surface area (Å²) in [6.45, 7) is -0.283. The number of halogens is 1. The smallest absolute Gasteiger partial charge is 0.268 e. The predicted octanol–water partition coefficient (Wildman–Crippen LogP) is 3.02. The second kappa shape index (κ2) is 8.23. The van der Waals surface area contributed by atoms with Gasteiger partial charge in [0.05, 0.1) is 17.0 Å². The molecule has 2 aliphatic rings. The van der Waals surface area contributed by atoms with Gasteiger partial charge in [-0.05, 0) is 42.7 Å². The van der Waals surface area contributed by atoms with Crippen molar-refractivity contribution in [2.24, 2.45) is 0 Å². The van der Waals surface area contributed by atoms with Crippen LogP contribution in [0.4, 0.5) is 4.39 Å². The van der Waals surface area contributed by atoms with Crippen molar-refractivity contribution in [2.75, 3.05) is 0 Å². The number of nitrogens with one attached hydrogen (secondary N) is 1. The predicted molar refractivity (Wildman–Crippen MR) is 107 cm³/mol. The molecule has 1 aromatic heterocycles. The Hall–Kier alpha value is -2.65. The monoisotopic (exact) mass is 431 g/mol. The molecular weight excluding hydrogens is 409 g/mol. The van der Waals surface area contributed by atoms with Gasteiger partial charge in [-0.2, -0.15) is 0 Å². The van der Waals surface area contributed by atoms with Gasteiger partial charge in [0.15, 0.2) is 0 Å². The quantitative estimate of drug-likeness (QED) is 0.580. The summed E-state index contributed by atoms with van der Waals surface area (Å²) < 4.78 is 42.8. The molecule has 0 atom stereocenters. The first-order chi connectivity index (χ1) is 14.4. The highest BCUT2D eigenvalue weighted by Crippen LogP contribution is 2.27. The summed E-state index contributed by atoms with van der Waals surface area (Å²) >= 11 is 0. The number of rotatable bonds is 5. The molecule has 0 spiro atoms. The summed E-state index contributed by atoms with van der Waals surface area (Å²) in [5.74, 6) is -1.85. The fraction of sp³-hybridized carbons (Fsp3) is 0.381. The Balaban J connectivity index is 1.63. The van der Waals surface area contributed by atoms with Crippen molar-refractivity contribution in [3.8, 4) is 0 Å². The maximum atomic E-state index is 14.0. The van der Waals surface area contributed by atoms with E-state index in [9.17, 15) is 22.4 Å². The van der Waals surface area contributed by atoms with Gasteiger partial charge in [-0.3, -0.25) is 19.5 Å². The third-order valence-electron chi connectivity index (χ3n) is 5.56. The van der Waals surface area contributed by atoms with E-state index in [1.807, 2.05) is 0 Å². The van der Waals surface area contributed by atoms with Crippen molar-refractivity contribution in [1.29, 1.82) is 0 Å². The van der Waals surface area contributed by atoms with Gasteiger partial charge in [-0.25, -0.2) is 17.5 Å². The molecule has 4 rings (SSSR count). The Morgan fingerprint density at radius 1 is 1.07 bits per heavy atom. The van der Waals surface area contributed by atoms with E-state index >= 15 is 0 Å². The standard InChI is InChI=1S/C21H22FN3O4S/c22-15-10-9-14(13-25-20(26)17-8-5-11-23-19(17)21(25)27)18(12-15)30(28,29)24-16-6-3-1-2-4-7-16/h5,8-12,16,24H,1-4,6-7,13H2. The average Bonchev–Trinajstić information content (AvgIpc) is 2.89. The summed E-state index contributed by atoms with van der Waals surface area (Å²) in [4.78, 5) is 29.9. The highest BCUT2D eigenvalue weighted by Gasteiger charge is 2.37. The topological polar surface area (TPSA) is 96.4 Å². The van der Waals surface area contributed by atoms with Crippen LogP contribution in [0.15, 0.2) is 41.4 Å². The Labute approximate surface area is 174 Å². The van der Waals surface area contributed by atoms with Gasteiger partial charge in [0, 0.05) is 12.2 Å². The van der Waals surface area contributed by atoms with Gasteiger partial charge in [0.1, 0.15) is 11.5 Å². The number of carbonyl (C=O) groups excluding carboxylic acids is 2. The van der Waals surface area contributed by atoms with Crippen LogP contribution in [0, 0.1) is 5.82 Å². The van der Waals surface area contributed by atoms with Gasteiger partial charge >= 0.3 is 0 Å². The van der Waals surface area contributed by atoms with Crippen molar-refractivity contribution in [1.82, 2.24) is 14.6 Å². The van der Waals surface area contributed by atoms with Gasteiger partial charge in [0.25, 0.3) is 11.8 Å². The number of fused-ring (bicyclic) bond motifs is 1. The number of hydrogen-bond donors (Lipinski definition) is 1. The van der Waals surface area contributed by atoms with E-state index in [4.69, 9.17) is 0 Å². The van der Waals surface area contributed by atoms with Crippen LogP contribution in [0.1, 0.15) is 64.9 Å². The number of aromatic nitrogens is 1. The van der Waals surface area contributed by atoms with E-state index in [-0.39, 0.29) is 34.3 Å². The van der Waals surface area contributed by atoms with E-state index in [1.54, 1.807) is 6.07 Å². The molecule has 1 aromatic carbocycles. The fourth-order valence-corrected chi connectivity index (χ4v) is 5.56. The Morgan fingerprint density at radius 2 is 1.80 bits per heavy atom. The van der Waals surface area contributed by atoms with Crippen molar-refractivity contribution in [3.63, 3.8) is 0 Å². The number of carbonyl (C=O) groups is 2. The zero-order chi connectivity index (χ0) is 21.3. The van der Waals surface area contributed by atoms with Crippen molar-refractivity contribution >= 4 is 21.8 Å². The van der Waals surface area contributed by atoms with Crippen LogP contribution >= 0.6 is 0 Å². The second-order valence-corrected chi connectivity index (χ2v) is 9.34. The number of sulfonamides is 1. The third kappa shape index (κ3) is 3.99. The maximum absolute atomic E-state index is 14.0. The fourth-order valence-electron chi connectivity index (χ4n) is 4.02. The first-order valence-electron chi connectivity index (χ1n) is 9.99. The van der Waals surface area contributed by atoms with Crippen LogP contribution < -0.4 is 4.72 Å². The zero-order valence-corrected chi connectivity index (χ0v) is 17.1. The number of benzene rings is 1. The largest absolute Gasteiger partial charge is 0.280 e. The Bertz CT molecular complexity index is 1060.